The molecule has 0 N–H and O–H groups in total. The van der Waals surface area contributed by atoms with Crippen LogP contribution in [0.1, 0.15) is 41.0 Å². The van der Waals surface area contributed by atoms with Crippen LogP contribution in [-0.4, -0.2) is 43.5 Å². The van der Waals surface area contributed by atoms with Crippen LogP contribution in [0.3, 0.4) is 0 Å². The molecule has 3 aliphatic rings. The summed E-state index contributed by atoms with van der Waals surface area (Å²) in [5, 5.41) is 3.94. The Morgan fingerprint density at radius 1 is 1.06 bits per heavy atom. The van der Waals surface area contributed by atoms with Crippen LogP contribution in [0.5, 0.6) is 0 Å². The van der Waals surface area contributed by atoms with E-state index in [4.69, 9.17) is 4.52 Å². The molecule has 0 unspecified atom stereocenters. The maximum absolute atomic E-state index is 13.8. The summed E-state index contributed by atoms with van der Waals surface area (Å²) in [5.41, 5.74) is 3.24. The van der Waals surface area contributed by atoms with E-state index in [1.54, 1.807) is 16.7 Å². The third-order valence-electron chi connectivity index (χ3n) is 6.90. The second-order valence-electron chi connectivity index (χ2n) is 8.80. The van der Waals surface area contributed by atoms with Crippen LogP contribution in [0, 0.1) is 5.92 Å². The molecule has 1 amide bonds. The third kappa shape index (κ3) is 3.09. The first kappa shape index (κ1) is 18.5. The number of amides is 1. The fourth-order valence-electron chi connectivity index (χ4n) is 5.61. The molecule has 8 nitrogen and oxygen atoms in total. The predicted molar refractivity (Wildman–Crippen MR) is 111 cm³/mol. The average Bonchev–Trinajstić information content (AvgIpc) is 3.44. The number of carbonyl (C=O) groups excluding carboxylic acids is 1. The van der Waals surface area contributed by atoms with Gasteiger partial charge in [-0.05, 0) is 23.6 Å². The van der Waals surface area contributed by atoms with Gasteiger partial charge in [-0.3, -0.25) is 19.1 Å². The van der Waals surface area contributed by atoms with Crippen LogP contribution in [-0.2, 0) is 24.4 Å². The monoisotopic (exact) mass is 417 g/mol. The molecule has 0 saturated carbocycles. The summed E-state index contributed by atoms with van der Waals surface area (Å²) < 4.78 is 6.66. The second kappa shape index (κ2) is 7.16. The van der Waals surface area contributed by atoms with Crippen LogP contribution in [0.4, 0.5) is 0 Å². The molecule has 3 aromatic rings. The van der Waals surface area contributed by atoms with E-state index >= 15 is 0 Å². The lowest BCUT2D eigenvalue weighted by Gasteiger charge is -2.46. The summed E-state index contributed by atoms with van der Waals surface area (Å²) in [6, 6.07) is 13.1. The molecular formula is C23H23N5O3. The highest BCUT2D eigenvalue weighted by Crippen LogP contribution is 2.42. The highest BCUT2D eigenvalue weighted by Gasteiger charge is 2.45. The molecule has 0 aliphatic carbocycles. The second-order valence-corrected chi connectivity index (χ2v) is 8.80. The summed E-state index contributed by atoms with van der Waals surface area (Å²) in [4.78, 5) is 35.1. The van der Waals surface area contributed by atoms with Crippen molar-refractivity contribution in [1.29, 1.82) is 0 Å². The van der Waals surface area contributed by atoms with Crippen molar-refractivity contribution in [2.75, 3.05) is 13.1 Å². The van der Waals surface area contributed by atoms with E-state index in [-0.39, 0.29) is 23.3 Å². The number of pyridine rings is 1. The van der Waals surface area contributed by atoms with E-state index in [9.17, 15) is 9.59 Å². The highest BCUT2D eigenvalue weighted by atomic mass is 16.5. The van der Waals surface area contributed by atoms with Gasteiger partial charge in [0.25, 0.3) is 5.56 Å². The molecule has 6 rings (SSSR count). The zero-order valence-corrected chi connectivity index (χ0v) is 17.1. The van der Waals surface area contributed by atoms with Crippen molar-refractivity contribution in [3.05, 3.63) is 81.9 Å². The molecule has 1 saturated heterocycles. The number of benzene rings is 1. The summed E-state index contributed by atoms with van der Waals surface area (Å²) >= 11 is 0. The summed E-state index contributed by atoms with van der Waals surface area (Å²) in [5.74, 6) is 0.952. The summed E-state index contributed by atoms with van der Waals surface area (Å²) in [6.07, 6.45) is 2.25. The smallest absolute Gasteiger partial charge is 0.251 e. The molecule has 158 valence electrons. The Morgan fingerprint density at radius 3 is 2.61 bits per heavy atom. The Kier molecular flexibility index (Phi) is 4.27. The normalized spacial score (nSPS) is 24.6. The minimum atomic E-state index is -0.484. The molecule has 3 aliphatic heterocycles. The first-order valence-electron chi connectivity index (χ1n) is 10.7. The standard InChI is InChI=1S/C23H23N5O3/c29-21-7-3-6-19-17-8-18(10-26(9-17)13-20-24-14-31-25-20)22(28(19)21)23(30)27-11-15-4-1-2-5-16(15)12-27/h1-7,14,17-18,22H,8-13H2/t17-,18+,22-/m1/s1. The first-order valence-corrected chi connectivity index (χ1v) is 10.7. The Hall–Kier alpha value is -3.26. The van der Waals surface area contributed by atoms with E-state index in [1.807, 2.05) is 23.1 Å². The van der Waals surface area contributed by atoms with Crippen molar-refractivity contribution in [2.24, 2.45) is 5.92 Å². The van der Waals surface area contributed by atoms with Gasteiger partial charge in [0.05, 0.1) is 6.54 Å². The lowest BCUT2D eigenvalue weighted by Crippen LogP contribution is -2.53. The van der Waals surface area contributed by atoms with Gasteiger partial charge in [-0.25, -0.2) is 0 Å². The van der Waals surface area contributed by atoms with Crippen molar-refractivity contribution in [3.8, 4) is 0 Å². The van der Waals surface area contributed by atoms with Crippen LogP contribution in [0.15, 0.2) is 58.2 Å². The molecule has 0 spiro atoms. The van der Waals surface area contributed by atoms with Gasteiger partial charge < -0.3 is 9.42 Å². The Balaban J connectivity index is 1.35. The quantitative estimate of drug-likeness (QED) is 0.648. The van der Waals surface area contributed by atoms with Crippen LogP contribution in [0.2, 0.25) is 0 Å². The number of nitrogens with zero attached hydrogens (tertiary/aromatic N) is 5. The van der Waals surface area contributed by atoms with Crippen LogP contribution < -0.4 is 5.56 Å². The molecule has 5 heterocycles. The van der Waals surface area contributed by atoms with Gasteiger partial charge in [0.15, 0.2) is 5.82 Å². The number of aromatic nitrogens is 3. The molecule has 8 heteroatoms. The van der Waals surface area contributed by atoms with E-state index in [0.29, 0.717) is 25.5 Å². The molecule has 31 heavy (non-hydrogen) atoms. The number of fused-ring (bicyclic) bond motifs is 5. The van der Waals surface area contributed by atoms with Gasteiger partial charge in [0.2, 0.25) is 12.3 Å². The SMILES string of the molecule is O=C([C@H]1[C@H]2C[C@H](CN(Cc3ncon3)C2)c2cccc(=O)n21)N1Cc2ccccc2C1. The number of rotatable bonds is 3. The molecule has 0 radical (unpaired) electrons. The topological polar surface area (TPSA) is 84.5 Å². The fraction of sp³-hybridized carbons (Fsp3) is 0.391. The maximum Gasteiger partial charge on any atom is 0.251 e. The van der Waals surface area contributed by atoms with Crippen molar-refractivity contribution >= 4 is 5.91 Å². The maximum atomic E-state index is 13.8. The number of carbonyl (C=O) groups is 1. The third-order valence-corrected chi connectivity index (χ3v) is 6.90. The van der Waals surface area contributed by atoms with Gasteiger partial charge in [-0.1, -0.05) is 35.5 Å². The van der Waals surface area contributed by atoms with Gasteiger partial charge in [-0.15, -0.1) is 0 Å². The minimum Gasteiger partial charge on any atom is -0.343 e. The molecule has 2 aromatic heterocycles. The minimum absolute atomic E-state index is 0.0376. The number of piperidine rings is 1. The zero-order chi connectivity index (χ0) is 20.9. The van der Waals surface area contributed by atoms with E-state index in [0.717, 1.165) is 25.2 Å². The lowest BCUT2D eigenvalue weighted by atomic mass is 9.78. The van der Waals surface area contributed by atoms with E-state index in [1.165, 1.54) is 17.5 Å². The Morgan fingerprint density at radius 2 is 1.87 bits per heavy atom. The average molecular weight is 417 g/mol. The Bertz CT molecular complexity index is 1160. The fourth-order valence-corrected chi connectivity index (χ4v) is 5.61. The molecule has 1 fully saturated rings. The number of hydrogen-bond acceptors (Lipinski definition) is 6. The molecular weight excluding hydrogens is 394 g/mol. The van der Waals surface area contributed by atoms with Crippen LogP contribution in [0.25, 0.3) is 0 Å². The largest absolute Gasteiger partial charge is 0.343 e. The van der Waals surface area contributed by atoms with Crippen molar-refractivity contribution in [3.63, 3.8) is 0 Å². The van der Waals surface area contributed by atoms with Gasteiger partial charge in [0, 0.05) is 49.8 Å². The van der Waals surface area contributed by atoms with Crippen molar-refractivity contribution in [1.82, 2.24) is 24.5 Å². The van der Waals surface area contributed by atoms with E-state index in [2.05, 4.69) is 27.2 Å². The number of likely N-dealkylation sites (tertiary alicyclic amines) is 1. The highest BCUT2D eigenvalue weighted by molar-refractivity contribution is 5.82. The van der Waals surface area contributed by atoms with Crippen LogP contribution >= 0.6 is 0 Å². The van der Waals surface area contributed by atoms with Gasteiger partial charge in [-0.2, -0.15) is 4.98 Å². The Labute approximate surface area is 179 Å². The van der Waals surface area contributed by atoms with Crippen molar-refractivity contribution < 1.29 is 9.32 Å². The molecule has 1 aromatic carbocycles. The summed E-state index contributed by atoms with van der Waals surface area (Å²) in [6.45, 7) is 3.32. The predicted octanol–water partition coefficient (Wildman–Crippen LogP) is 1.93. The van der Waals surface area contributed by atoms with E-state index < -0.39 is 6.04 Å². The summed E-state index contributed by atoms with van der Waals surface area (Å²) in [7, 11) is 0. The molecule has 2 bridgehead atoms. The van der Waals surface area contributed by atoms with Gasteiger partial charge in [0.1, 0.15) is 6.04 Å². The first-order chi connectivity index (χ1) is 15.2. The lowest BCUT2D eigenvalue weighted by molar-refractivity contribution is -0.139. The molecule has 3 atom stereocenters. The number of hydrogen-bond donors (Lipinski definition) is 0. The van der Waals surface area contributed by atoms with Gasteiger partial charge >= 0.3 is 0 Å². The van der Waals surface area contributed by atoms with Crippen molar-refractivity contribution in [2.45, 2.75) is 38.0 Å². The zero-order valence-electron chi connectivity index (χ0n) is 17.1.